The van der Waals surface area contributed by atoms with Crippen LogP contribution in [0.4, 0.5) is 5.95 Å². The monoisotopic (exact) mass is 416 g/mol. The van der Waals surface area contributed by atoms with E-state index >= 15 is 0 Å². The molecule has 2 aromatic heterocycles. The van der Waals surface area contributed by atoms with E-state index in [4.69, 9.17) is 9.15 Å². The van der Waals surface area contributed by atoms with Gasteiger partial charge in [-0.3, -0.25) is 10.1 Å². The summed E-state index contributed by atoms with van der Waals surface area (Å²) in [5.41, 5.74) is 3.55. The minimum Gasteiger partial charge on any atom is -0.486 e. The van der Waals surface area contributed by atoms with Crippen molar-refractivity contribution in [3.8, 4) is 5.75 Å². The largest absolute Gasteiger partial charge is 0.486 e. The van der Waals surface area contributed by atoms with Gasteiger partial charge in [-0.1, -0.05) is 48.9 Å². The molecule has 158 valence electrons. The average Bonchev–Trinajstić information content (AvgIpc) is 3.42. The number of nitrogens with one attached hydrogen (secondary N) is 1. The highest BCUT2D eigenvalue weighted by atomic mass is 16.5. The fraction of sp³-hybridized carbons (Fsp3) is 0.208. The number of benzene rings is 2. The molecule has 7 heteroatoms. The number of amides is 1. The summed E-state index contributed by atoms with van der Waals surface area (Å²) >= 11 is 0. The molecule has 0 saturated carbocycles. The maximum absolute atomic E-state index is 12.4. The smallest absolute Gasteiger partial charge is 0.293 e. The molecule has 0 aliphatic carbocycles. The number of carbonyl (C=O) groups is 1. The molecule has 2 heterocycles. The number of carbonyl (C=O) groups excluding carboxylic acids is 1. The first-order chi connectivity index (χ1) is 15.1. The minimum absolute atomic E-state index is 0.176. The normalized spacial score (nSPS) is 10.8. The Morgan fingerprint density at radius 2 is 1.94 bits per heavy atom. The molecule has 4 rings (SSSR count). The summed E-state index contributed by atoms with van der Waals surface area (Å²) < 4.78 is 13.0. The molecule has 0 aliphatic rings. The molecule has 0 aliphatic heterocycles. The second kappa shape index (κ2) is 9.30. The van der Waals surface area contributed by atoms with Crippen molar-refractivity contribution >= 4 is 11.9 Å². The van der Waals surface area contributed by atoms with Gasteiger partial charge in [0.2, 0.25) is 5.95 Å². The standard InChI is InChI=1S/C24H24N4O3/c1-3-18-7-9-20(10-8-18)30-15-21-11-12-22(31-21)23(29)26-24-25-16-28(27-24)14-19-6-4-5-17(2)13-19/h4-13,16H,3,14-15H2,1-2H3,(H,26,27,29). The van der Waals surface area contributed by atoms with Crippen molar-refractivity contribution in [2.75, 3.05) is 5.32 Å². The fourth-order valence-corrected chi connectivity index (χ4v) is 3.14. The lowest BCUT2D eigenvalue weighted by molar-refractivity contribution is 0.0991. The van der Waals surface area contributed by atoms with Gasteiger partial charge in [-0.25, -0.2) is 9.67 Å². The van der Waals surface area contributed by atoms with E-state index in [-0.39, 0.29) is 18.3 Å². The molecule has 0 atom stereocenters. The van der Waals surface area contributed by atoms with Crippen molar-refractivity contribution in [3.05, 3.63) is 95.2 Å². The Bertz CT molecular complexity index is 1160. The number of nitrogens with zero attached hydrogens (tertiary/aromatic N) is 3. The summed E-state index contributed by atoms with van der Waals surface area (Å²) in [4.78, 5) is 16.6. The Morgan fingerprint density at radius 3 is 2.71 bits per heavy atom. The molecule has 31 heavy (non-hydrogen) atoms. The van der Waals surface area contributed by atoms with Crippen LogP contribution in [-0.4, -0.2) is 20.7 Å². The minimum atomic E-state index is -0.410. The molecule has 0 fully saturated rings. The number of anilines is 1. The van der Waals surface area contributed by atoms with Gasteiger partial charge in [0.15, 0.2) is 5.76 Å². The third-order valence-corrected chi connectivity index (χ3v) is 4.79. The van der Waals surface area contributed by atoms with Gasteiger partial charge in [-0.2, -0.15) is 0 Å². The number of hydrogen-bond donors (Lipinski definition) is 1. The van der Waals surface area contributed by atoms with Crippen LogP contribution in [0, 0.1) is 6.92 Å². The van der Waals surface area contributed by atoms with Crippen LogP contribution >= 0.6 is 0 Å². The van der Waals surface area contributed by atoms with Crippen molar-refractivity contribution in [3.63, 3.8) is 0 Å². The number of hydrogen-bond acceptors (Lipinski definition) is 5. The molecule has 4 aromatic rings. The summed E-state index contributed by atoms with van der Waals surface area (Å²) in [7, 11) is 0. The second-order valence-electron chi connectivity index (χ2n) is 7.26. The second-order valence-corrected chi connectivity index (χ2v) is 7.26. The summed E-state index contributed by atoms with van der Waals surface area (Å²) in [5.74, 6) is 1.30. The zero-order chi connectivity index (χ0) is 21.6. The van der Waals surface area contributed by atoms with Crippen molar-refractivity contribution in [2.45, 2.75) is 33.4 Å². The van der Waals surface area contributed by atoms with Gasteiger partial charge in [0.25, 0.3) is 5.91 Å². The maximum atomic E-state index is 12.4. The van der Waals surface area contributed by atoms with Gasteiger partial charge in [0.1, 0.15) is 24.4 Å². The predicted molar refractivity (Wildman–Crippen MR) is 117 cm³/mol. The van der Waals surface area contributed by atoms with Crippen LogP contribution in [0.1, 0.15) is 39.9 Å². The Morgan fingerprint density at radius 1 is 1.10 bits per heavy atom. The van der Waals surface area contributed by atoms with Crippen molar-refractivity contribution in [2.24, 2.45) is 0 Å². The number of furan rings is 1. The molecule has 0 unspecified atom stereocenters. The molecule has 0 spiro atoms. The van der Waals surface area contributed by atoms with E-state index in [0.29, 0.717) is 12.3 Å². The molecule has 1 amide bonds. The molecule has 0 radical (unpaired) electrons. The van der Waals surface area contributed by atoms with Crippen molar-refractivity contribution in [1.82, 2.24) is 14.8 Å². The average molecular weight is 416 g/mol. The van der Waals surface area contributed by atoms with Crippen molar-refractivity contribution in [1.29, 1.82) is 0 Å². The first-order valence-electron chi connectivity index (χ1n) is 10.2. The van der Waals surface area contributed by atoms with Crippen LogP contribution in [0.25, 0.3) is 0 Å². The topological polar surface area (TPSA) is 82.2 Å². The number of rotatable bonds is 8. The molecule has 2 aromatic carbocycles. The van der Waals surface area contributed by atoms with Gasteiger partial charge in [0.05, 0.1) is 6.54 Å². The first-order valence-corrected chi connectivity index (χ1v) is 10.2. The molecule has 0 saturated heterocycles. The van der Waals surface area contributed by atoms with Crippen LogP contribution in [0.3, 0.4) is 0 Å². The van der Waals surface area contributed by atoms with Crippen LogP contribution in [0.15, 0.2) is 71.4 Å². The van der Waals surface area contributed by atoms with E-state index in [9.17, 15) is 4.79 Å². The highest BCUT2D eigenvalue weighted by Crippen LogP contribution is 2.16. The molecular formula is C24H24N4O3. The quantitative estimate of drug-likeness (QED) is 0.453. The lowest BCUT2D eigenvalue weighted by atomic mass is 10.1. The summed E-state index contributed by atoms with van der Waals surface area (Å²) in [6.07, 6.45) is 2.57. The zero-order valence-corrected chi connectivity index (χ0v) is 17.5. The Balaban J connectivity index is 1.32. The number of aryl methyl sites for hydroxylation is 2. The van der Waals surface area contributed by atoms with Crippen LogP contribution in [-0.2, 0) is 19.6 Å². The maximum Gasteiger partial charge on any atom is 0.293 e. The van der Waals surface area contributed by atoms with Crippen LogP contribution in [0.2, 0.25) is 0 Å². The third-order valence-electron chi connectivity index (χ3n) is 4.79. The first kappa shape index (κ1) is 20.4. The van der Waals surface area contributed by atoms with E-state index in [1.54, 1.807) is 23.1 Å². The van der Waals surface area contributed by atoms with Gasteiger partial charge < -0.3 is 9.15 Å². The molecule has 7 nitrogen and oxygen atoms in total. The van der Waals surface area contributed by atoms with Crippen LogP contribution < -0.4 is 10.1 Å². The lowest BCUT2D eigenvalue weighted by Gasteiger charge is -2.05. The SMILES string of the molecule is CCc1ccc(OCc2ccc(C(=O)Nc3ncn(Cc4cccc(C)c4)n3)o2)cc1. The Labute approximate surface area is 180 Å². The Kier molecular flexibility index (Phi) is 6.12. The van der Waals surface area contributed by atoms with Gasteiger partial charge in [-0.05, 0) is 48.7 Å². The van der Waals surface area contributed by atoms with E-state index in [0.717, 1.165) is 17.7 Å². The Hall–Kier alpha value is -3.87. The zero-order valence-electron chi connectivity index (χ0n) is 17.5. The highest BCUT2D eigenvalue weighted by Gasteiger charge is 2.14. The predicted octanol–water partition coefficient (Wildman–Crippen LogP) is 4.62. The van der Waals surface area contributed by atoms with E-state index in [1.165, 1.54) is 11.1 Å². The van der Waals surface area contributed by atoms with E-state index < -0.39 is 5.91 Å². The highest BCUT2D eigenvalue weighted by molar-refractivity contribution is 6.01. The molecule has 0 bridgehead atoms. The number of ether oxygens (including phenoxy) is 1. The summed E-state index contributed by atoms with van der Waals surface area (Å²) in [6.45, 7) is 4.96. The van der Waals surface area contributed by atoms with Gasteiger partial charge >= 0.3 is 0 Å². The summed E-state index contributed by atoms with van der Waals surface area (Å²) in [5, 5.41) is 6.96. The van der Waals surface area contributed by atoms with Crippen molar-refractivity contribution < 1.29 is 13.9 Å². The molecular weight excluding hydrogens is 392 g/mol. The summed E-state index contributed by atoms with van der Waals surface area (Å²) in [6, 6.07) is 19.4. The van der Waals surface area contributed by atoms with Crippen LogP contribution in [0.5, 0.6) is 5.75 Å². The van der Waals surface area contributed by atoms with Gasteiger partial charge in [-0.15, -0.1) is 5.10 Å². The lowest BCUT2D eigenvalue weighted by Crippen LogP contribution is -2.12. The number of aromatic nitrogens is 3. The third kappa shape index (κ3) is 5.39. The fourth-order valence-electron chi connectivity index (χ4n) is 3.14. The van der Waals surface area contributed by atoms with E-state index in [2.05, 4.69) is 28.4 Å². The molecule has 1 N–H and O–H groups in total. The van der Waals surface area contributed by atoms with E-state index in [1.807, 2.05) is 49.4 Å². The van der Waals surface area contributed by atoms with Gasteiger partial charge in [0, 0.05) is 0 Å².